The van der Waals surface area contributed by atoms with Gasteiger partial charge in [-0.3, -0.25) is 0 Å². The van der Waals surface area contributed by atoms with Crippen molar-refractivity contribution >= 4 is 0 Å². The predicted octanol–water partition coefficient (Wildman–Crippen LogP) is 0.481. The van der Waals surface area contributed by atoms with Gasteiger partial charge >= 0.3 is 0 Å². The van der Waals surface area contributed by atoms with E-state index < -0.39 is 0 Å². The summed E-state index contributed by atoms with van der Waals surface area (Å²) >= 11 is 0. The van der Waals surface area contributed by atoms with E-state index >= 15 is 0 Å². The minimum absolute atomic E-state index is 0.326. The minimum Gasteiger partial charge on any atom is -0.368 e. The van der Waals surface area contributed by atoms with Crippen molar-refractivity contribution in [2.24, 2.45) is 0 Å². The van der Waals surface area contributed by atoms with Gasteiger partial charge in [0.05, 0.1) is 6.61 Å². The van der Waals surface area contributed by atoms with Gasteiger partial charge in [-0.15, -0.1) is 0 Å². The summed E-state index contributed by atoms with van der Waals surface area (Å²) in [7, 11) is 2.17. The third-order valence-corrected chi connectivity index (χ3v) is 2.28. The van der Waals surface area contributed by atoms with Gasteiger partial charge in [-0.2, -0.15) is 0 Å². The van der Waals surface area contributed by atoms with E-state index in [9.17, 15) is 0 Å². The molecule has 0 aliphatic carbocycles. The van der Waals surface area contributed by atoms with Crippen LogP contribution >= 0.6 is 0 Å². The van der Waals surface area contributed by atoms with Crippen LogP contribution in [0.3, 0.4) is 0 Å². The lowest BCUT2D eigenvalue weighted by molar-refractivity contribution is 0.158. The third kappa shape index (κ3) is 0.970. The molecule has 0 bridgehead atoms. The molecule has 2 nitrogen and oxygen atoms in total. The van der Waals surface area contributed by atoms with Crippen molar-refractivity contribution in [3.05, 3.63) is 0 Å². The first-order valence-electron chi connectivity index (χ1n) is 3.63. The van der Waals surface area contributed by atoms with E-state index in [0.717, 1.165) is 13.2 Å². The number of likely N-dealkylation sites (tertiary alicyclic amines) is 1. The molecule has 0 radical (unpaired) electrons. The summed E-state index contributed by atoms with van der Waals surface area (Å²) in [6.45, 7) is 3.43. The van der Waals surface area contributed by atoms with Crippen molar-refractivity contribution < 1.29 is 4.74 Å². The van der Waals surface area contributed by atoms with Crippen LogP contribution in [0.4, 0.5) is 0 Å². The zero-order chi connectivity index (χ0) is 6.32. The van der Waals surface area contributed by atoms with Crippen LogP contribution in [0.5, 0.6) is 0 Å². The number of hydrogen-bond donors (Lipinski definition) is 0. The maximum atomic E-state index is 5.37. The van der Waals surface area contributed by atoms with Crippen molar-refractivity contribution in [2.75, 3.05) is 26.7 Å². The molecule has 0 N–H and O–H groups in total. The van der Waals surface area contributed by atoms with E-state index in [0.29, 0.717) is 5.60 Å². The largest absolute Gasteiger partial charge is 0.368 e. The smallest absolute Gasteiger partial charge is 0.104 e. The zero-order valence-electron chi connectivity index (χ0n) is 5.89. The molecule has 2 heterocycles. The molecular formula is C7H13NO. The number of likely N-dealkylation sites (N-methyl/N-ethyl adjacent to an activating group) is 1. The molecular weight excluding hydrogens is 114 g/mol. The highest BCUT2D eigenvalue weighted by Gasteiger charge is 2.46. The summed E-state index contributed by atoms with van der Waals surface area (Å²) in [5, 5.41) is 0. The van der Waals surface area contributed by atoms with Gasteiger partial charge in [0.15, 0.2) is 0 Å². The second-order valence-corrected chi connectivity index (χ2v) is 3.31. The van der Waals surface area contributed by atoms with Crippen molar-refractivity contribution in [1.29, 1.82) is 0 Å². The Morgan fingerprint density at radius 2 is 2.33 bits per heavy atom. The summed E-state index contributed by atoms with van der Waals surface area (Å²) in [6, 6.07) is 0. The lowest BCUT2D eigenvalue weighted by Crippen LogP contribution is -2.37. The van der Waals surface area contributed by atoms with Crippen LogP contribution in [-0.4, -0.2) is 37.2 Å². The van der Waals surface area contributed by atoms with Crippen LogP contribution in [0, 0.1) is 0 Å². The van der Waals surface area contributed by atoms with E-state index in [4.69, 9.17) is 4.74 Å². The van der Waals surface area contributed by atoms with Crippen LogP contribution in [0.2, 0.25) is 0 Å². The maximum absolute atomic E-state index is 5.37. The highest BCUT2D eigenvalue weighted by atomic mass is 16.6. The average Bonchev–Trinajstić information content (AvgIpc) is 2.49. The van der Waals surface area contributed by atoms with E-state index in [2.05, 4.69) is 11.9 Å². The first-order valence-corrected chi connectivity index (χ1v) is 3.63. The van der Waals surface area contributed by atoms with E-state index in [1.807, 2.05) is 0 Å². The molecule has 1 unspecified atom stereocenters. The fraction of sp³-hybridized carbons (Fsp3) is 1.00. The lowest BCUT2D eigenvalue weighted by Gasteiger charge is -2.26. The van der Waals surface area contributed by atoms with Crippen molar-refractivity contribution in [3.63, 3.8) is 0 Å². The molecule has 2 heteroatoms. The number of nitrogens with zero attached hydrogens (tertiary/aromatic N) is 1. The molecule has 2 fully saturated rings. The van der Waals surface area contributed by atoms with Gasteiger partial charge in [0, 0.05) is 6.54 Å². The Labute approximate surface area is 55.8 Å². The average molecular weight is 127 g/mol. The highest BCUT2D eigenvalue weighted by molar-refractivity contribution is 4.97. The van der Waals surface area contributed by atoms with Crippen LogP contribution in [-0.2, 0) is 4.74 Å². The molecule has 2 saturated heterocycles. The normalized spacial score (nSPS) is 43.7. The first-order chi connectivity index (χ1) is 4.31. The van der Waals surface area contributed by atoms with E-state index in [-0.39, 0.29) is 0 Å². The third-order valence-electron chi connectivity index (χ3n) is 2.28. The predicted molar refractivity (Wildman–Crippen MR) is 35.4 cm³/mol. The summed E-state index contributed by atoms with van der Waals surface area (Å²) < 4.78 is 5.37. The molecule has 2 rings (SSSR count). The van der Waals surface area contributed by atoms with Gasteiger partial charge in [0.1, 0.15) is 5.60 Å². The molecule has 0 amide bonds. The Bertz CT molecular complexity index is 120. The Kier molecular flexibility index (Phi) is 1.08. The van der Waals surface area contributed by atoms with E-state index in [1.165, 1.54) is 19.4 Å². The van der Waals surface area contributed by atoms with Crippen molar-refractivity contribution in [1.82, 2.24) is 4.90 Å². The Hall–Kier alpha value is -0.0800. The number of rotatable bonds is 0. The van der Waals surface area contributed by atoms with Crippen molar-refractivity contribution in [2.45, 2.75) is 18.4 Å². The van der Waals surface area contributed by atoms with Gasteiger partial charge < -0.3 is 9.64 Å². The monoisotopic (exact) mass is 127 g/mol. The Morgan fingerprint density at radius 3 is 2.78 bits per heavy atom. The second-order valence-electron chi connectivity index (χ2n) is 3.31. The second kappa shape index (κ2) is 1.70. The number of hydrogen-bond acceptors (Lipinski definition) is 2. The lowest BCUT2D eigenvalue weighted by atomic mass is 10.00. The van der Waals surface area contributed by atoms with Gasteiger partial charge in [-0.1, -0.05) is 0 Å². The molecule has 0 aromatic rings. The van der Waals surface area contributed by atoms with E-state index in [1.54, 1.807) is 0 Å². The van der Waals surface area contributed by atoms with Gasteiger partial charge in [0.2, 0.25) is 0 Å². The summed E-state index contributed by atoms with van der Waals surface area (Å²) in [5.74, 6) is 0. The van der Waals surface area contributed by atoms with Crippen LogP contribution in [0.15, 0.2) is 0 Å². The first kappa shape index (κ1) is 5.69. The number of ether oxygens (including phenoxy) is 1. The molecule has 1 atom stereocenters. The minimum atomic E-state index is 0.326. The highest BCUT2D eigenvalue weighted by Crippen LogP contribution is 2.35. The number of epoxide rings is 1. The van der Waals surface area contributed by atoms with Gasteiger partial charge in [0.25, 0.3) is 0 Å². The Morgan fingerprint density at radius 1 is 1.56 bits per heavy atom. The standard InChI is InChI=1S/C7H13NO/c1-8-4-2-3-7(5-8)6-9-7/h2-6H2,1H3. The zero-order valence-corrected chi connectivity index (χ0v) is 5.89. The summed E-state index contributed by atoms with van der Waals surface area (Å²) in [5.41, 5.74) is 0.326. The summed E-state index contributed by atoms with van der Waals surface area (Å²) in [6.07, 6.45) is 2.60. The number of piperidine rings is 1. The summed E-state index contributed by atoms with van der Waals surface area (Å²) in [4.78, 5) is 2.36. The maximum Gasteiger partial charge on any atom is 0.104 e. The van der Waals surface area contributed by atoms with Crippen molar-refractivity contribution in [3.8, 4) is 0 Å². The molecule has 1 spiro atoms. The van der Waals surface area contributed by atoms with Gasteiger partial charge in [-0.25, -0.2) is 0 Å². The molecule has 0 aromatic carbocycles. The molecule has 52 valence electrons. The molecule has 2 aliphatic rings. The van der Waals surface area contributed by atoms with Crippen LogP contribution in [0.25, 0.3) is 0 Å². The molecule has 2 aliphatic heterocycles. The molecule has 0 aromatic heterocycles. The van der Waals surface area contributed by atoms with Crippen LogP contribution < -0.4 is 0 Å². The molecule has 0 saturated carbocycles. The fourth-order valence-electron chi connectivity index (χ4n) is 1.66. The fourth-order valence-corrected chi connectivity index (χ4v) is 1.66. The van der Waals surface area contributed by atoms with Crippen LogP contribution in [0.1, 0.15) is 12.8 Å². The Balaban J connectivity index is 1.96. The quantitative estimate of drug-likeness (QED) is 0.440. The SMILES string of the molecule is CN1CCCC2(CO2)C1. The van der Waals surface area contributed by atoms with Gasteiger partial charge in [-0.05, 0) is 26.4 Å². The molecule has 9 heavy (non-hydrogen) atoms. The topological polar surface area (TPSA) is 15.8 Å².